The first-order valence-corrected chi connectivity index (χ1v) is 13.4. The zero-order valence-corrected chi connectivity index (χ0v) is 24.2. The predicted molar refractivity (Wildman–Crippen MR) is 162 cm³/mol. The lowest BCUT2D eigenvalue weighted by atomic mass is 10.1. The van der Waals surface area contributed by atoms with Gasteiger partial charge >= 0.3 is 0 Å². The molecular formula is C31H32ClN6O3+. The van der Waals surface area contributed by atoms with E-state index >= 15 is 0 Å². The van der Waals surface area contributed by atoms with Gasteiger partial charge in [-0.05, 0) is 49.4 Å². The molecule has 41 heavy (non-hydrogen) atoms. The zero-order chi connectivity index (χ0) is 29.4. The van der Waals surface area contributed by atoms with Gasteiger partial charge in [0.05, 0.1) is 67.5 Å². The van der Waals surface area contributed by atoms with Crippen LogP contribution in [0.2, 0.25) is 5.02 Å². The molecular weight excluding hydrogens is 540 g/mol. The second-order valence-corrected chi connectivity index (χ2v) is 10.6. The Hall–Kier alpha value is -4.65. The van der Waals surface area contributed by atoms with Crippen LogP contribution in [0, 0.1) is 11.3 Å². The minimum absolute atomic E-state index is 0.280. The number of amides is 1. The van der Waals surface area contributed by atoms with Crippen LogP contribution in [-0.4, -0.2) is 54.7 Å². The lowest BCUT2D eigenvalue weighted by Crippen LogP contribution is -2.34. The lowest BCUT2D eigenvalue weighted by Gasteiger charge is -2.21. The van der Waals surface area contributed by atoms with Crippen LogP contribution in [0.3, 0.4) is 0 Å². The van der Waals surface area contributed by atoms with E-state index in [0.29, 0.717) is 67.7 Å². The van der Waals surface area contributed by atoms with Crippen molar-refractivity contribution in [1.29, 1.82) is 5.26 Å². The normalized spacial score (nSPS) is 11.3. The minimum Gasteiger partial charge on any atom is -0.492 e. The molecule has 9 nitrogen and oxygen atoms in total. The SMILES string of the molecule is CCOc1cc2ncc(C#N)c(Nc3ccc(OCc4ccccn4)c(Cl)c3)c2cc1NC(=O)C=CC[N+](C)(C)C. The first-order chi connectivity index (χ1) is 19.7. The van der Waals surface area contributed by atoms with Gasteiger partial charge in [-0.15, -0.1) is 0 Å². The average Bonchev–Trinajstić information content (AvgIpc) is 2.93. The number of carbonyl (C=O) groups excluding carboxylic acids is 1. The van der Waals surface area contributed by atoms with Crippen LogP contribution < -0.4 is 20.1 Å². The fourth-order valence-corrected chi connectivity index (χ4v) is 4.17. The number of aromatic nitrogens is 2. The fraction of sp³-hybridized carbons (Fsp3) is 0.226. The Morgan fingerprint density at radius 2 is 1.93 bits per heavy atom. The number of anilines is 3. The molecule has 0 spiro atoms. The molecule has 0 aliphatic carbocycles. The van der Waals surface area contributed by atoms with Crippen molar-refractivity contribution < 1.29 is 18.8 Å². The van der Waals surface area contributed by atoms with Crippen LogP contribution >= 0.6 is 11.6 Å². The molecule has 10 heteroatoms. The summed E-state index contributed by atoms with van der Waals surface area (Å²) in [6.07, 6.45) is 6.53. The number of rotatable bonds is 11. The fourth-order valence-electron chi connectivity index (χ4n) is 3.94. The highest BCUT2D eigenvalue weighted by Gasteiger charge is 2.16. The molecule has 2 aromatic carbocycles. The molecule has 0 bridgehead atoms. The number of nitrogens with one attached hydrogen (secondary N) is 2. The average molecular weight is 572 g/mol. The lowest BCUT2D eigenvalue weighted by molar-refractivity contribution is -0.864. The Bertz CT molecular complexity index is 1610. The predicted octanol–water partition coefficient (Wildman–Crippen LogP) is 6.08. The van der Waals surface area contributed by atoms with Gasteiger partial charge in [-0.3, -0.25) is 14.8 Å². The summed E-state index contributed by atoms with van der Waals surface area (Å²) in [4.78, 5) is 21.4. The smallest absolute Gasteiger partial charge is 0.248 e. The van der Waals surface area contributed by atoms with Crippen LogP contribution in [0.25, 0.3) is 10.9 Å². The van der Waals surface area contributed by atoms with E-state index < -0.39 is 0 Å². The summed E-state index contributed by atoms with van der Waals surface area (Å²) < 4.78 is 12.3. The molecule has 2 heterocycles. The molecule has 0 aliphatic rings. The molecule has 2 N–H and O–H groups in total. The van der Waals surface area contributed by atoms with Crippen molar-refractivity contribution in [3.63, 3.8) is 0 Å². The summed E-state index contributed by atoms with van der Waals surface area (Å²) >= 11 is 6.53. The summed E-state index contributed by atoms with van der Waals surface area (Å²) in [5, 5.41) is 17.1. The number of hydrogen-bond acceptors (Lipinski definition) is 7. The molecule has 0 radical (unpaired) electrons. The van der Waals surface area contributed by atoms with Crippen molar-refractivity contribution in [3.8, 4) is 17.6 Å². The molecule has 0 saturated heterocycles. The van der Waals surface area contributed by atoms with Gasteiger partial charge in [0, 0.05) is 35.6 Å². The standard InChI is InChI=1S/C31H31ClN6O3/c1-5-40-29-17-26-24(16-27(29)37-30(39)10-8-14-38(2,3)4)31(21(18-33)19-35-26)36-22-11-12-28(25(32)15-22)41-20-23-9-6-7-13-34-23/h6-13,15-17,19H,5,14,20H2,1-4H3,(H-,35,36,37,39)/p+1. The van der Waals surface area contributed by atoms with Crippen LogP contribution in [0.4, 0.5) is 17.1 Å². The van der Waals surface area contributed by atoms with E-state index in [9.17, 15) is 10.1 Å². The van der Waals surface area contributed by atoms with Crippen LogP contribution in [0.15, 0.2) is 73.1 Å². The van der Waals surface area contributed by atoms with Gasteiger partial charge in [0.2, 0.25) is 5.91 Å². The Morgan fingerprint density at radius 1 is 1.10 bits per heavy atom. The third-order valence-corrected chi connectivity index (χ3v) is 6.17. The number of ether oxygens (including phenoxy) is 2. The third-order valence-electron chi connectivity index (χ3n) is 5.87. The highest BCUT2D eigenvalue weighted by molar-refractivity contribution is 6.32. The van der Waals surface area contributed by atoms with Crippen molar-refractivity contribution in [2.24, 2.45) is 0 Å². The van der Waals surface area contributed by atoms with Crippen molar-refractivity contribution in [2.45, 2.75) is 13.5 Å². The first kappa shape index (κ1) is 29.3. The maximum absolute atomic E-state index is 12.7. The topological polar surface area (TPSA) is 109 Å². The largest absolute Gasteiger partial charge is 0.492 e. The van der Waals surface area contributed by atoms with Gasteiger partial charge in [0.15, 0.2) is 0 Å². The number of nitriles is 1. The Kier molecular flexibility index (Phi) is 9.40. The van der Waals surface area contributed by atoms with Crippen molar-refractivity contribution in [3.05, 3.63) is 89.4 Å². The maximum atomic E-state index is 12.7. The van der Waals surface area contributed by atoms with Crippen LogP contribution in [-0.2, 0) is 11.4 Å². The second kappa shape index (κ2) is 13.1. The van der Waals surface area contributed by atoms with Crippen molar-refractivity contribution in [1.82, 2.24) is 9.97 Å². The molecule has 0 atom stereocenters. The second-order valence-electron chi connectivity index (χ2n) is 10.2. The Labute approximate surface area is 244 Å². The Balaban J connectivity index is 1.64. The summed E-state index contributed by atoms with van der Waals surface area (Å²) in [5.74, 6) is 0.701. The van der Waals surface area contributed by atoms with Gasteiger partial charge in [-0.1, -0.05) is 17.7 Å². The molecule has 0 saturated carbocycles. The summed E-state index contributed by atoms with van der Waals surface area (Å²) in [7, 11) is 6.13. The van der Waals surface area contributed by atoms with E-state index in [1.54, 1.807) is 30.5 Å². The minimum atomic E-state index is -0.286. The van der Waals surface area contributed by atoms with E-state index in [0.717, 1.165) is 5.69 Å². The number of pyridine rings is 2. The van der Waals surface area contributed by atoms with Gasteiger partial charge in [-0.25, -0.2) is 0 Å². The number of nitrogens with zero attached hydrogens (tertiary/aromatic N) is 4. The molecule has 0 aliphatic heterocycles. The zero-order valence-electron chi connectivity index (χ0n) is 23.4. The maximum Gasteiger partial charge on any atom is 0.248 e. The molecule has 2 aromatic heterocycles. The number of halogens is 1. The number of hydrogen-bond donors (Lipinski definition) is 2. The highest BCUT2D eigenvalue weighted by Crippen LogP contribution is 2.37. The monoisotopic (exact) mass is 571 g/mol. The van der Waals surface area contributed by atoms with E-state index in [-0.39, 0.29) is 12.5 Å². The summed E-state index contributed by atoms with van der Waals surface area (Å²) in [6, 6.07) is 16.6. The number of benzene rings is 2. The molecule has 4 aromatic rings. The van der Waals surface area contributed by atoms with Gasteiger partial charge < -0.3 is 24.6 Å². The number of quaternary nitrogens is 1. The summed E-state index contributed by atoms with van der Waals surface area (Å²) in [6.45, 7) is 3.24. The van der Waals surface area contributed by atoms with Crippen LogP contribution in [0.5, 0.6) is 11.5 Å². The van der Waals surface area contributed by atoms with Gasteiger partial charge in [0.1, 0.15) is 24.2 Å². The molecule has 0 unspecified atom stereocenters. The number of carbonyl (C=O) groups is 1. The number of fused-ring (bicyclic) bond motifs is 1. The van der Waals surface area contributed by atoms with Gasteiger partial charge in [0.25, 0.3) is 0 Å². The molecule has 4 rings (SSSR count). The van der Waals surface area contributed by atoms with E-state index in [1.807, 2.05) is 58.4 Å². The van der Waals surface area contributed by atoms with Crippen molar-refractivity contribution >= 4 is 45.5 Å². The van der Waals surface area contributed by atoms with E-state index in [2.05, 4.69) is 26.7 Å². The van der Waals surface area contributed by atoms with Crippen molar-refractivity contribution in [2.75, 3.05) is 44.9 Å². The number of likely N-dealkylation sites (N-methyl/N-ethyl adjacent to an activating group) is 1. The van der Waals surface area contributed by atoms with Crippen LogP contribution in [0.1, 0.15) is 18.2 Å². The highest BCUT2D eigenvalue weighted by atomic mass is 35.5. The van der Waals surface area contributed by atoms with E-state index in [4.69, 9.17) is 21.1 Å². The third kappa shape index (κ3) is 7.94. The summed E-state index contributed by atoms with van der Waals surface area (Å²) in [5.41, 5.74) is 3.34. The Morgan fingerprint density at radius 3 is 2.61 bits per heavy atom. The molecule has 1 amide bonds. The van der Waals surface area contributed by atoms with E-state index in [1.165, 1.54) is 12.3 Å². The van der Waals surface area contributed by atoms with Gasteiger partial charge in [-0.2, -0.15) is 5.26 Å². The first-order valence-electron chi connectivity index (χ1n) is 13.0. The quantitative estimate of drug-likeness (QED) is 0.166. The molecule has 0 fully saturated rings. The molecule has 210 valence electrons.